The Bertz CT molecular complexity index is 752. The van der Waals surface area contributed by atoms with Gasteiger partial charge >= 0.3 is 0 Å². The van der Waals surface area contributed by atoms with E-state index in [1.165, 1.54) is 4.68 Å². The molecule has 0 aliphatic carbocycles. The highest BCUT2D eigenvalue weighted by Gasteiger charge is 2.11. The number of rotatable bonds is 1. The predicted molar refractivity (Wildman–Crippen MR) is 68.2 cm³/mol. The molecule has 1 N–H and O–H groups in total. The summed E-state index contributed by atoms with van der Waals surface area (Å²) in [6, 6.07) is 7.94. The zero-order valence-corrected chi connectivity index (χ0v) is 9.77. The summed E-state index contributed by atoms with van der Waals surface area (Å²) in [5.74, 6) is 0. The molecule has 0 saturated heterocycles. The fraction of sp³-hybridized carbons (Fsp3) is 0.231. The minimum absolute atomic E-state index is 0.0614. The SMILES string of the molecule is CC(C)n1ncc2c([nH]c3ccccc32)c1=O. The van der Waals surface area contributed by atoms with Crippen LogP contribution < -0.4 is 5.56 Å². The van der Waals surface area contributed by atoms with Gasteiger partial charge in [-0.25, -0.2) is 4.68 Å². The molecule has 0 fully saturated rings. The molecule has 0 saturated carbocycles. The van der Waals surface area contributed by atoms with E-state index in [0.717, 1.165) is 16.3 Å². The number of para-hydroxylation sites is 1. The van der Waals surface area contributed by atoms with Crippen LogP contribution in [0, 0.1) is 0 Å². The lowest BCUT2D eigenvalue weighted by Gasteiger charge is -2.06. The largest absolute Gasteiger partial charge is 0.350 e. The van der Waals surface area contributed by atoms with Crippen LogP contribution in [0.3, 0.4) is 0 Å². The molecular formula is C13H13N3O. The molecule has 3 aromatic rings. The molecule has 4 heteroatoms. The van der Waals surface area contributed by atoms with Crippen molar-refractivity contribution < 1.29 is 0 Å². The minimum Gasteiger partial charge on any atom is -0.350 e. The third-order valence-corrected chi connectivity index (χ3v) is 2.97. The van der Waals surface area contributed by atoms with E-state index in [9.17, 15) is 4.79 Å². The second-order valence-electron chi connectivity index (χ2n) is 4.45. The van der Waals surface area contributed by atoms with Crippen LogP contribution in [0.4, 0.5) is 0 Å². The van der Waals surface area contributed by atoms with Crippen molar-refractivity contribution in [3.05, 3.63) is 40.8 Å². The van der Waals surface area contributed by atoms with Gasteiger partial charge in [-0.15, -0.1) is 0 Å². The van der Waals surface area contributed by atoms with Gasteiger partial charge < -0.3 is 4.98 Å². The lowest BCUT2D eigenvalue weighted by Crippen LogP contribution is -2.24. The molecule has 0 radical (unpaired) electrons. The molecule has 0 atom stereocenters. The van der Waals surface area contributed by atoms with E-state index in [1.54, 1.807) is 6.20 Å². The van der Waals surface area contributed by atoms with Crippen LogP contribution in [0.25, 0.3) is 21.8 Å². The number of fused-ring (bicyclic) bond motifs is 3. The third-order valence-electron chi connectivity index (χ3n) is 2.97. The van der Waals surface area contributed by atoms with Crippen LogP contribution in [-0.2, 0) is 0 Å². The number of hydrogen-bond acceptors (Lipinski definition) is 2. The number of nitrogens with zero attached hydrogens (tertiary/aromatic N) is 2. The molecule has 0 spiro atoms. The lowest BCUT2D eigenvalue weighted by atomic mass is 10.2. The molecule has 0 aliphatic heterocycles. The van der Waals surface area contributed by atoms with Crippen molar-refractivity contribution in [2.75, 3.05) is 0 Å². The first kappa shape index (κ1) is 10.1. The third kappa shape index (κ3) is 1.37. The molecule has 4 nitrogen and oxygen atoms in total. The second-order valence-corrected chi connectivity index (χ2v) is 4.45. The Morgan fingerprint density at radius 1 is 1.24 bits per heavy atom. The summed E-state index contributed by atoms with van der Waals surface area (Å²) in [7, 11) is 0. The summed E-state index contributed by atoms with van der Waals surface area (Å²) < 4.78 is 1.50. The second kappa shape index (κ2) is 3.45. The summed E-state index contributed by atoms with van der Waals surface area (Å²) in [5.41, 5.74) is 1.55. The van der Waals surface area contributed by atoms with E-state index in [2.05, 4.69) is 10.1 Å². The standard InChI is InChI=1S/C13H13N3O/c1-8(2)16-13(17)12-10(7-14-16)9-5-3-4-6-11(9)15-12/h3-8,15H,1-2H3. The Labute approximate surface area is 97.9 Å². The van der Waals surface area contributed by atoms with Gasteiger partial charge in [0.25, 0.3) is 5.56 Å². The summed E-state index contributed by atoms with van der Waals surface area (Å²) in [4.78, 5) is 15.4. The van der Waals surface area contributed by atoms with Gasteiger partial charge in [-0.3, -0.25) is 4.79 Å². The topological polar surface area (TPSA) is 50.7 Å². The monoisotopic (exact) mass is 227 g/mol. The Kier molecular flexibility index (Phi) is 2.04. The van der Waals surface area contributed by atoms with E-state index in [-0.39, 0.29) is 11.6 Å². The molecule has 3 rings (SSSR count). The van der Waals surface area contributed by atoms with Crippen molar-refractivity contribution in [1.82, 2.24) is 14.8 Å². The zero-order valence-electron chi connectivity index (χ0n) is 9.77. The van der Waals surface area contributed by atoms with Gasteiger partial charge in [0, 0.05) is 16.3 Å². The fourth-order valence-corrected chi connectivity index (χ4v) is 2.12. The number of aromatic nitrogens is 3. The summed E-state index contributed by atoms with van der Waals surface area (Å²) >= 11 is 0. The first-order valence-corrected chi connectivity index (χ1v) is 5.66. The Morgan fingerprint density at radius 3 is 2.76 bits per heavy atom. The van der Waals surface area contributed by atoms with Crippen molar-refractivity contribution in [3.63, 3.8) is 0 Å². The van der Waals surface area contributed by atoms with Crippen molar-refractivity contribution in [3.8, 4) is 0 Å². The number of H-pyrrole nitrogens is 1. The zero-order chi connectivity index (χ0) is 12.0. The quantitative estimate of drug-likeness (QED) is 0.694. The smallest absolute Gasteiger partial charge is 0.291 e. The van der Waals surface area contributed by atoms with Gasteiger partial charge in [0.2, 0.25) is 0 Å². The van der Waals surface area contributed by atoms with E-state index in [1.807, 2.05) is 38.1 Å². The van der Waals surface area contributed by atoms with E-state index in [0.29, 0.717) is 5.52 Å². The number of aromatic amines is 1. The average Bonchev–Trinajstić information content (AvgIpc) is 2.69. The number of hydrogen-bond donors (Lipinski definition) is 1. The molecule has 0 aliphatic rings. The van der Waals surface area contributed by atoms with Crippen molar-refractivity contribution >= 4 is 21.8 Å². The highest BCUT2D eigenvalue weighted by Crippen LogP contribution is 2.22. The maximum atomic E-state index is 12.2. The molecule has 2 heterocycles. The van der Waals surface area contributed by atoms with Crippen LogP contribution in [0.15, 0.2) is 35.3 Å². The summed E-state index contributed by atoms with van der Waals surface area (Å²) in [5, 5.41) is 6.15. The van der Waals surface area contributed by atoms with Crippen LogP contribution in [-0.4, -0.2) is 14.8 Å². The lowest BCUT2D eigenvalue weighted by molar-refractivity contribution is 0.507. The normalized spacial score (nSPS) is 11.7. The number of benzene rings is 1. The van der Waals surface area contributed by atoms with E-state index < -0.39 is 0 Å². The van der Waals surface area contributed by atoms with Gasteiger partial charge in [-0.2, -0.15) is 5.10 Å². The van der Waals surface area contributed by atoms with Gasteiger partial charge in [0.05, 0.1) is 12.2 Å². The summed E-state index contributed by atoms with van der Waals surface area (Å²) in [6.45, 7) is 3.89. The van der Waals surface area contributed by atoms with Gasteiger partial charge in [-0.05, 0) is 19.9 Å². The van der Waals surface area contributed by atoms with Crippen molar-refractivity contribution in [1.29, 1.82) is 0 Å². The van der Waals surface area contributed by atoms with Crippen molar-refractivity contribution in [2.45, 2.75) is 19.9 Å². The van der Waals surface area contributed by atoms with Gasteiger partial charge in [-0.1, -0.05) is 18.2 Å². The van der Waals surface area contributed by atoms with Gasteiger partial charge in [0.15, 0.2) is 0 Å². The minimum atomic E-state index is -0.0614. The molecule has 2 aromatic heterocycles. The average molecular weight is 227 g/mol. The maximum absolute atomic E-state index is 12.2. The first-order chi connectivity index (χ1) is 8.18. The highest BCUT2D eigenvalue weighted by atomic mass is 16.1. The molecule has 1 aromatic carbocycles. The van der Waals surface area contributed by atoms with Crippen LogP contribution in [0.5, 0.6) is 0 Å². The molecule has 86 valence electrons. The maximum Gasteiger partial charge on any atom is 0.291 e. The van der Waals surface area contributed by atoms with Gasteiger partial charge in [0.1, 0.15) is 5.52 Å². The predicted octanol–water partition coefficient (Wildman–Crippen LogP) is 2.46. The van der Waals surface area contributed by atoms with Crippen LogP contribution in [0.1, 0.15) is 19.9 Å². The Morgan fingerprint density at radius 2 is 2.00 bits per heavy atom. The Hall–Kier alpha value is -2.10. The molecular weight excluding hydrogens is 214 g/mol. The highest BCUT2D eigenvalue weighted by molar-refractivity contribution is 6.06. The molecule has 0 unspecified atom stereocenters. The summed E-state index contributed by atoms with van der Waals surface area (Å²) in [6.07, 6.45) is 1.76. The van der Waals surface area contributed by atoms with Crippen molar-refractivity contribution in [2.24, 2.45) is 0 Å². The molecule has 17 heavy (non-hydrogen) atoms. The number of nitrogens with one attached hydrogen (secondary N) is 1. The molecule has 0 amide bonds. The van der Waals surface area contributed by atoms with Crippen LogP contribution >= 0.6 is 0 Å². The van der Waals surface area contributed by atoms with E-state index in [4.69, 9.17) is 0 Å². The molecule has 0 bridgehead atoms. The first-order valence-electron chi connectivity index (χ1n) is 5.66. The Balaban J connectivity index is 2.49. The van der Waals surface area contributed by atoms with Crippen LogP contribution in [0.2, 0.25) is 0 Å². The fourth-order valence-electron chi connectivity index (χ4n) is 2.12. The van der Waals surface area contributed by atoms with E-state index >= 15 is 0 Å².